The monoisotopic (exact) mass is 324 g/mol. The Morgan fingerprint density at radius 1 is 1.09 bits per heavy atom. The Bertz CT molecular complexity index is 932. The average molecular weight is 325 g/mol. The summed E-state index contributed by atoms with van der Waals surface area (Å²) in [4.78, 5) is 13.0. The highest BCUT2D eigenvalue weighted by molar-refractivity contribution is 6.33. The summed E-state index contributed by atoms with van der Waals surface area (Å²) in [6.07, 6.45) is 5.63. The molecule has 0 aliphatic carbocycles. The summed E-state index contributed by atoms with van der Waals surface area (Å²) >= 11 is 6.17. The number of aromatic nitrogens is 4. The minimum absolute atomic E-state index is 0.359. The molecule has 0 spiro atoms. The van der Waals surface area contributed by atoms with Crippen LogP contribution in [0, 0.1) is 0 Å². The van der Waals surface area contributed by atoms with Crippen LogP contribution in [0.15, 0.2) is 59.7 Å². The summed E-state index contributed by atoms with van der Waals surface area (Å²) < 4.78 is 7.25. The van der Waals surface area contributed by atoms with Crippen LogP contribution in [0.5, 0.6) is 0 Å². The Labute approximate surface area is 137 Å². The lowest BCUT2D eigenvalue weighted by atomic mass is 10.1. The third-order valence-electron chi connectivity index (χ3n) is 3.73. The van der Waals surface area contributed by atoms with Crippen LogP contribution in [0.4, 0.5) is 0 Å². The number of imidazole rings is 1. The van der Waals surface area contributed by atoms with Gasteiger partial charge in [-0.25, -0.2) is 15.0 Å². The van der Waals surface area contributed by atoms with Gasteiger partial charge in [-0.05, 0) is 18.1 Å². The maximum atomic E-state index is 6.17. The van der Waals surface area contributed by atoms with Crippen molar-refractivity contribution in [2.45, 2.75) is 13.0 Å². The van der Waals surface area contributed by atoms with Gasteiger partial charge in [-0.2, -0.15) is 0 Å². The molecule has 0 aliphatic heterocycles. The molecular weight excluding hydrogens is 312 g/mol. The average Bonchev–Trinajstić information content (AvgIpc) is 3.22. The molecule has 0 bridgehead atoms. The quantitative estimate of drug-likeness (QED) is 0.533. The smallest absolute Gasteiger partial charge is 0.165 e. The van der Waals surface area contributed by atoms with Gasteiger partial charge in [0.15, 0.2) is 10.8 Å². The van der Waals surface area contributed by atoms with E-state index in [1.807, 2.05) is 24.3 Å². The predicted octanol–water partition coefficient (Wildman–Crippen LogP) is 3.98. The van der Waals surface area contributed by atoms with Gasteiger partial charge in [0.1, 0.15) is 23.9 Å². The number of benzene rings is 1. The minimum Gasteiger partial charge on any atom is -0.472 e. The number of rotatable bonds is 4. The number of fused-ring (bicyclic) bond motifs is 1. The predicted molar refractivity (Wildman–Crippen MR) is 88.2 cm³/mol. The van der Waals surface area contributed by atoms with E-state index in [2.05, 4.69) is 31.7 Å². The molecule has 0 aliphatic rings. The lowest BCUT2D eigenvalue weighted by molar-refractivity contribution is 0.567. The number of nitrogens with zero attached hydrogens (tertiary/aromatic N) is 4. The van der Waals surface area contributed by atoms with Crippen molar-refractivity contribution in [3.8, 4) is 11.4 Å². The Balaban J connectivity index is 1.80. The van der Waals surface area contributed by atoms with Crippen LogP contribution in [0.2, 0.25) is 5.15 Å². The van der Waals surface area contributed by atoms with E-state index in [9.17, 15) is 0 Å². The molecule has 1 aromatic carbocycles. The Kier molecular flexibility index (Phi) is 3.55. The second-order valence-electron chi connectivity index (χ2n) is 5.17. The van der Waals surface area contributed by atoms with Crippen LogP contribution in [0.1, 0.15) is 5.56 Å². The molecule has 6 heteroatoms. The number of hydrogen-bond acceptors (Lipinski definition) is 4. The number of halogens is 1. The molecule has 3 heterocycles. The third kappa shape index (κ3) is 2.59. The molecule has 0 radical (unpaired) electrons. The molecule has 0 saturated carbocycles. The first kappa shape index (κ1) is 14.0. The van der Waals surface area contributed by atoms with Crippen LogP contribution in [0.3, 0.4) is 0 Å². The molecule has 0 N–H and O–H groups in total. The zero-order valence-electron chi connectivity index (χ0n) is 12.2. The van der Waals surface area contributed by atoms with Crippen molar-refractivity contribution < 1.29 is 4.42 Å². The highest BCUT2D eigenvalue weighted by atomic mass is 35.5. The van der Waals surface area contributed by atoms with Crippen molar-refractivity contribution in [3.63, 3.8) is 0 Å². The van der Waals surface area contributed by atoms with Gasteiger partial charge in [0, 0.05) is 6.54 Å². The lowest BCUT2D eigenvalue weighted by Gasteiger charge is -2.07. The van der Waals surface area contributed by atoms with Gasteiger partial charge in [-0.15, -0.1) is 0 Å². The van der Waals surface area contributed by atoms with E-state index < -0.39 is 0 Å². The van der Waals surface area contributed by atoms with E-state index in [0.717, 1.165) is 30.0 Å². The van der Waals surface area contributed by atoms with Crippen molar-refractivity contribution in [1.29, 1.82) is 0 Å². The zero-order valence-corrected chi connectivity index (χ0v) is 12.9. The first-order valence-corrected chi connectivity index (χ1v) is 7.64. The van der Waals surface area contributed by atoms with E-state index in [0.29, 0.717) is 10.7 Å². The van der Waals surface area contributed by atoms with Crippen LogP contribution < -0.4 is 0 Å². The van der Waals surface area contributed by atoms with Crippen LogP contribution in [-0.4, -0.2) is 19.5 Å². The van der Waals surface area contributed by atoms with E-state index in [-0.39, 0.29) is 0 Å². The van der Waals surface area contributed by atoms with Crippen molar-refractivity contribution >= 4 is 22.8 Å². The van der Waals surface area contributed by atoms with Gasteiger partial charge in [0.05, 0.1) is 11.8 Å². The fraction of sp³-hybridized carbons (Fsp3) is 0.118. The fourth-order valence-electron chi connectivity index (χ4n) is 2.62. The Morgan fingerprint density at radius 3 is 2.74 bits per heavy atom. The summed E-state index contributed by atoms with van der Waals surface area (Å²) in [5.41, 5.74) is 3.50. The molecule has 4 rings (SSSR count). The van der Waals surface area contributed by atoms with Gasteiger partial charge in [0.2, 0.25) is 0 Å². The largest absolute Gasteiger partial charge is 0.472 e. The molecule has 4 aromatic rings. The van der Waals surface area contributed by atoms with E-state index >= 15 is 0 Å². The minimum atomic E-state index is 0.359. The second-order valence-corrected chi connectivity index (χ2v) is 5.53. The van der Waals surface area contributed by atoms with E-state index in [1.165, 1.54) is 11.9 Å². The number of furan rings is 1. The summed E-state index contributed by atoms with van der Waals surface area (Å²) in [5, 5.41) is 0.359. The van der Waals surface area contributed by atoms with Crippen LogP contribution >= 0.6 is 11.6 Å². The summed E-state index contributed by atoms with van der Waals surface area (Å²) in [5.74, 6) is 0.784. The molecule has 0 unspecified atom stereocenters. The van der Waals surface area contributed by atoms with Crippen molar-refractivity contribution in [1.82, 2.24) is 19.5 Å². The third-order valence-corrected chi connectivity index (χ3v) is 4.01. The van der Waals surface area contributed by atoms with Gasteiger partial charge in [-0.3, -0.25) is 0 Å². The summed E-state index contributed by atoms with van der Waals surface area (Å²) in [6.45, 7) is 0.744. The maximum absolute atomic E-state index is 6.17. The Morgan fingerprint density at radius 2 is 1.96 bits per heavy atom. The van der Waals surface area contributed by atoms with Crippen molar-refractivity contribution in [3.05, 3.63) is 66.0 Å². The van der Waals surface area contributed by atoms with E-state index in [4.69, 9.17) is 16.0 Å². The molecule has 0 saturated heterocycles. The molecule has 0 fully saturated rings. The van der Waals surface area contributed by atoms with E-state index in [1.54, 1.807) is 12.5 Å². The molecule has 5 nitrogen and oxygen atoms in total. The molecule has 23 heavy (non-hydrogen) atoms. The highest BCUT2D eigenvalue weighted by Crippen LogP contribution is 2.27. The standard InChI is InChI=1S/C17H13ClN4O/c18-15-14-17(20-11-19-15)22(8-6-12-4-2-1-3-5-12)16(21-14)13-7-9-23-10-13/h1-5,7,9-11H,6,8H2. The normalized spacial score (nSPS) is 11.2. The summed E-state index contributed by atoms with van der Waals surface area (Å²) in [7, 11) is 0. The highest BCUT2D eigenvalue weighted by Gasteiger charge is 2.17. The van der Waals surface area contributed by atoms with Crippen molar-refractivity contribution in [2.75, 3.05) is 0 Å². The molecule has 0 atom stereocenters. The molecular formula is C17H13ClN4O. The van der Waals surface area contributed by atoms with Gasteiger partial charge < -0.3 is 8.98 Å². The topological polar surface area (TPSA) is 56.7 Å². The molecule has 3 aromatic heterocycles. The first-order chi connectivity index (χ1) is 11.3. The Hall–Kier alpha value is -2.66. The SMILES string of the molecule is Clc1ncnc2c1nc(-c1ccoc1)n2CCc1ccccc1. The maximum Gasteiger partial charge on any atom is 0.165 e. The number of hydrogen-bond donors (Lipinski definition) is 0. The summed E-state index contributed by atoms with van der Waals surface area (Å²) in [6, 6.07) is 12.2. The van der Waals surface area contributed by atoms with Gasteiger partial charge in [-0.1, -0.05) is 41.9 Å². The first-order valence-electron chi connectivity index (χ1n) is 7.26. The zero-order chi connectivity index (χ0) is 15.6. The van der Waals surface area contributed by atoms with Crippen LogP contribution in [0.25, 0.3) is 22.6 Å². The number of aryl methyl sites for hydroxylation is 2. The fourth-order valence-corrected chi connectivity index (χ4v) is 2.79. The molecule has 0 amide bonds. The molecule has 114 valence electrons. The van der Waals surface area contributed by atoms with Crippen molar-refractivity contribution in [2.24, 2.45) is 0 Å². The second kappa shape index (κ2) is 5.85. The van der Waals surface area contributed by atoms with Crippen LogP contribution in [-0.2, 0) is 13.0 Å². The van der Waals surface area contributed by atoms with Gasteiger partial charge >= 0.3 is 0 Å². The van der Waals surface area contributed by atoms with Gasteiger partial charge in [0.25, 0.3) is 0 Å². The lowest BCUT2D eigenvalue weighted by Crippen LogP contribution is -2.04.